The maximum atomic E-state index is 5.99. The highest BCUT2D eigenvalue weighted by molar-refractivity contribution is 6.32. The van der Waals surface area contributed by atoms with Crippen LogP contribution in [-0.4, -0.2) is 20.3 Å². The van der Waals surface area contributed by atoms with Crippen molar-refractivity contribution in [2.45, 2.75) is 6.54 Å². The third-order valence-electron chi connectivity index (χ3n) is 2.19. The first-order valence-corrected chi connectivity index (χ1v) is 4.89. The van der Waals surface area contributed by atoms with Crippen LogP contribution in [0, 0.1) is 0 Å². The van der Waals surface area contributed by atoms with Crippen LogP contribution in [0.4, 0.5) is 0 Å². The molecule has 1 heterocycles. The standard InChI is InChI=1S/C10H12ClNO2/c1-13-10-4-7-6-12-2-3-14-9(7)5-8(10)11/h4-5,12H,2-3,6H2,1H3. The molecule has 0 radical (unpaired) electrons. The Balaban J connectivity index is 2.41. The molecule has 0 aromatic heterocycles. The van der Waals surface area contributed by atoms with Gasteiger partial charge in [-0.2, -0.15) is 0 Å². The van der Waals surface area contributed by atoms with Crippen LogP contribution in [0.25, 0.3) is 0 Å². The number of ether oxygens (including phenoxy) is 2. The number of fused-ring (bicyclic) bond motifs is 1. The van der Waals surface area contributed by atoms with Crippen LogP contribution in [0.1, 0.15) is 5.56 Å². The van der Waals surface area contributed by atoms with Crippen molar-refractivity contribution in [1.29, 1.82) is 0 Å². The van der Waals surface area contributed by atoms with E-state index in [-0.39, 0.29) is 0 Å². The normalized spacial score (nSPS) is 15.3. The van der Waals surface area contributed by atoms with Crippen LogP contribution < -0.4 is 14.8 Å². The third kappa shape index (κ3) is 1.79. The molecule has 4 heteroatoms. The van der Waals surface area contributed by atoms with Crippen LogP contribution in [-0.2, 0) is 6.54 Å². The van der Waals surface area contributed by atoms with Crippen molar-refractivity contribution >= 4 is 11.6 Å². The fraction of sp³-hybridized carbons (Fsp3) is 0.400. The molecule has 2 rings (SSSR count). The van der Waals surface area contributed by atoms with Crippen molar-refractivity contribution in [1.82, 2.24) is 5.32 Å². The summed E-state index contributed by atoms with van der Waals surface area (Å²) < 4.78 is 10.7. The first kappa shape index (κ1) is 9.62. The molecule has 0 unspecified atom stereocenters. The monoisotopic (exact) mass is 213 g/mol. The van der Waals surface area contributed by atoms with Gasteiger partial charge in [0.25, 0.3) is 0 Å². The Morgan fingerprint density at radius 3 is 3.14 bits per heavy atom. The lowest BCUT2D eigenvalue weighted by Crippen LogP contribution is -2.16. The van der Waals surface area contributed by atoms with Crippen molar-refractivity contribution < 1.29 is 9.47 Å². The van der Waals surface area contributed by atoms with Crippen LogP contribution >= 0.6 is 11.6 Å². The lowest BCUT2D eigenvalue weighted by atomic mass is 10.2. The molecule has 1 N–H and O–H groups in total. The highest BCUT2D eigenvalue weighted by atomic mass is 35.5. The molecule has 1 aromatic carbocycles. The van der Waals surface area contributed by atoms with Gasteiger partial charge in [-0.3, -0.25) is 0 Å². The molecule has 0 spiro atoms. The molecular weight excluding hydrogens is 202 g/mol. The van der Waals surface area contributed by atoms with Gasteiger partial charge < -0.3 is 14.8 Å². The maximum Gasteiger partial charge on any atom is 0.138 e. The number of methoxy groups -OCH3 is 1. The van der Waals surface area contributed by atoms with Gasteiger partial charge in [-0.05, 0) is 6.07 Å². The summed E-state index contributed by atoms with van der Waals surface area (Å²) in [6.07, 6.45) is 0. The average Bonchev–Trinajstić information content (AvgIpc) is 2.41. The van der Waals surface area contributed by atoms with Gasteiger partial charge in [0.2, 0.25) is 0 Å². The van der Waals surface area contributed by atoms with E-state index in [1.165, 1.54) is 0 Å². The minimum Gasteiger partial charge on any atom is -0.495 e. The molecule has 0 amide bonds. The Hall–Kier alpha value is -0.930. The van der Waals surface area contributed by atoms with Gasteiger partial charge in [-0.15, -0.1) is 0 Å². The second-order valence-corrected chi connectivity index (χ2v) is 3.53. The minimum absolute atomic E-state index is 0.591. The van der Waals surface area contributed by atoms with E-state index in [1.807, 2.05) is 12.1 Å². The molecule has 0 saturated carbocycles. The first-order valence-electron chi connectivity index (χ1n) is 4.51. The van der Waals surface area contributed by atoms with Crippen molar-refractivity contribution in [2.24, 2.45) is 0 Å². The minimum atomic E-state index is 0.591. The third-order valence-corrected chi connectivity index (χ3v) is 2.48. The van der Waals surface area contributed by atoms with E-state index in [0.29, 0.717) is 17.4 Å². The van der Waals surface area contributed by atoms with Crippen LogP contribution in [0.3, 0.4) is 0 Å². The fourth-order valence-electron chi connectivity index (χ4n) is 1.46. The van der Waals surface area contributed by atoms with Gasteiger partial charge >= 0.3 is 0 Å². The molecule has 76 valence electrons. The van der Waals surface area contributed by atoms with Crippen LogP contribution in [0.2, 0.25) is 5.02 Å². The highest BCUT2D eigenvalue weighted by Crippen LogP contribution is 2.32. The van der Waals surface area contributed by atoms with Crippen molar-refractivity contribution in [2.75, 3.05) is 20.3 Å². The van der Waals surface area contributed by atoms with Crippen molar-refractivity contribution in [3.63, 3.8) is 0 Å². The van der Waals surface area contributed by atoms with E-state index in [0.717, 1.165) is 24.4 Å². The van der Waals surface area contributed by atoms with Gasteiger partial charge in [-0.1, -0.05) is 11.6 Å². The average molecular weight is 214 g/mol. The second-order valence-electron chi connectivity index (χ2n) is 3.12. The molecule has 1 aliphatic rings. The summed E-state index contributed by atoms with van der Waals surface area (Å²) in [4.78, 5) is 0. The Morgan fingerprint density at radius 2 is 2.36 bits per heavy atom. The van der Waals surface area contributed by atoms with E-state index in [1.54, 1.807) is 7.11 Å². The lowest BCUT2D eigenvalue weighted by molar-refractivity contribution is 0.325. The SMILES string of the molecule is COc1cc2c(cc1Cl)OCCNC2. The van der Waals surface area contributed by atoms with E-state index >= 15 is 0 Å². The second kappa shape index (κ2) is 4.07. The largest absolute Gasteiger partial charge is 0.495 e. The Morgan fingerprint density at radius 1 is 1.50 bits per heavy atom. The van der Waals surface area contributed by atoms with E-state index < -0.39 is 0 Å². The summed E-state index contributed by atoms with van der Waals surface area (Å²) in [6, 6.07) is 3.72. The van der Waals surface area contributed by atoms with Crippen molar-refractivity contribution in [3.05, 3.63) is 22.7 Å². The Kier molecular flexibility index (Phi) is 2.79. The number of benzene rings is 1. The van der Waals surface area contributed by atoms with E-state index in [9.17, 15) is 0 Å². The summed E-state index contributed by atoms with van der Waals surface area (Å²) >= 11 is 5.99. The molecule has 0 bridgehead atoms. The summed E-state index contributed by atoms with van der Waals surface area (Å²) in [7, 11) is 1.61. The quantitative estimate of drug-likeness (QED) is 0.772. The van der Waals surface area contributed by atoms with Gasteiger partial charge in [0.05, 0.1) is 12.1 Å². The molecule has 0 aliphatic carbocycles. The van der Waals surface area contributed by atoms with Gasteiger partial charge in [-0.25, -0.2) is 0 Å². The van der Waals surface area contributed by atoms with E-state index in [4.69, 9.17) is 21.1 Å². The molecular formula is C10H12ClNO2. The number of hydrogen-bond donors (Lipinski definition) is 1. The molecule has 3 nitrogen and oxygen atoms in total. The molecule has 1 aromatic rings. The zero-order valence-electron chi connectivity index (χ0n) is 7.97. The Bertz CT molecular complexity index is 341. The maximum absolute atomic E-state index is 5.99. The van der Waals surface area contributed by atoms with Crippen LogP contribution in [0.5, 0.6) is 11.5 Å². The number of hydrogen-bond acceptors (Lipinski definition) is 3. The topological polar surface area (TPSA) is 30.5 Å². The zero-order chi connectivity index (χ0) is 9.97. The smallest absolute Gasteiger partial charge is 0.138 e. The molecule has 14 heavy (non-hydrogen) atoms. The molecule has 0 atom stereocenters. The fourth-order valence-corrected chi connectivity index (χ4v) is 1.69. The van der Waals surface area contributed by atoms with Crippen molar-refractivity contribution in [3.8, 4) is 11.5 Å². The lowest BCUT2D eigenvalue weighted by Gasteiger charge is -2.10. The van der Waals surface area contributed by atoms with Gasteiger partial charge in [0.15, 0.2) is 0 Å². The highest BCUT2D eigenvalue weighted by Gasteiger charge is 2.12. The van der Waals surface area contributed by atoms with Gasteiger partial charge in [0.1, 0.15) is 18.1 Å². The van der Waals surface area contributed by atoms with Gasteiger partial charge in [0, 0.05) is 24.7 Å². The number of halogens is 1. The predicted molar refractivity (Wildman–Crippen MR) is 55.2 cm³/mol. The van der Waals surface area contributed by atoms with Crippen LogP contribution in [0.15, 0.2) is 12.1 Å². The number of nitrogens with one attached hydrogen (secondary N) is 1. The summed E-state index contributed by atoms with van der Waals surface area (Å²) in [6.45, 7) is 2.33. The summed E-state index contributed by atoms with van der Waals surface area (Å²) in [5.74, 6) is 1.54. The molecule has 1 aliphatic heterocycles. The zero-order valence-corrected chi connectivity index (χ0v) is 8.73. The number of rotatable bonds is 1. The molecule has 0 saturated heterocycles. The summed E-state index contributed by atoms with van der Waals surface area (Å²) in [5, 5.41) is 3.84. The predicted octanol–water partition coefficient (Wildman–Crippen LogP) is 1.83. The first-order chi connectivity index (χ1) is 6.81. The Labute approximate surface area is 88.0 Å². The molecule has 0 fully saturated rings. The van der Waals surface area contributed by atoms with E-state index in [2.05, 4.69) is 5.32 Å². The summed E-state index contributed by atoms with van der Waals surface area (Å²) in [5.41, 5.74) is 1.09.